The Morgan fingerprint density at radius 1 is 1.53 bits per heavy atom. The van der Waals surface area contributed by atoms with Gasteiger partial charge in [0.1, 0.15) is 18.4 Å². The quantitative estimate of drug-likeness (QED) is 0.905. The van der Waals surface area contributed by atoms with Crippen LogP contribution in [0.3, 0.4) is 0 Å². The van der Waals surface area contributed by atoms with Crippen LogP contribution >= 0.6 is 0 Å². The zero-order valence-corrected chi connectivity index (χ0v) is 11.0. The van der Waals surface area contributed by atoms with Gasteiger partial charge in [-0.25, -0.2) is 14.4 Å². The third kappa shape index (κ3) is 1.87. The van der Waals surface area contributed by atoms with Gasteiger partial charge in [0.2, 0.25) is 0 Å². The number of hydrogen-bond acceptors (Lipinski definition) is 4. The van der Waals surface area contributed by atoms with Crippen LogP contribution in [0.1, 0.15) is 32.9 Å². The highest BCUT2D eigenvalue weighted by Gasteiger charge is 2.33. The molecule has 3 atom stereocenters. The second-order valence-corrected chi connectivity index (χ2v) is 5.09. The molecule has 2 aromatic heterocycles. The maximum absolute atomic E-state index is 14.0. The Balaban J connectivity index is 2.05. The molecule has 1 aliphatic heterocycles. The van der Waals surface area contributed by atoms with Crippen LogP contribution in [0, 0.1) is 11.7 Å². The fraction of sp³-hybridized carbons (Fsp3) is 0.538. The molecule has 0 saturated carbocycles. The summed E-state index contributed by atoms with van der Waals surface area (Å²) in [7, 11) is 0. The van der Waals surface area contributed by atoms with E-state index in [-0.39, 0.29) is 23.5 Å². The highest BCUT2D eigenvalue weighted by atomic mass is 19.1. The van der Waals surface area contributed by atoms with Gasteiger partial charge in [0.15, 0.2) is 11.5 Å². The number of rotatable bonds is 2. The number of fused-ring (bicyclic) bond motifs is 1. The number of aromatic nitrogens is 3. The maximum atomic E-state index is 14.0. The third-order valence-electron chi connectivity index (χ3n) is 3.85. The van der Waals surface area contributed by atoms with Crippen LogP contribution in [-0.2, 0) is 4.74 Å². The minimum atomic E-state index is -0.399. The van der Waals surface area contributed by atoms with E-state index in [1.165, 1.54) is 12.5 Å². The number of halogens is 1. The molecule has 1 saturated heterocycles. The SMILES string of the molecule is CC[C@H]1O[C@@H](n2cc(F)c3c(N)ncnc32)C[C@@H]1C. The zero-order valence-electron chi connectivity index (χ0n) is 11.0. The summed E-state index contributed by atoms with van der Waals surface area (Å²) in [6.07, 6.45) is 4.60. The van der Waals surface area contributed by atoms with Crippen molar-refractivity contribution in [3.05, 3.63) is 18.3 Å². The van der Waals surface area contributed by atoms with Crippen molar-refractivity contribution in [3.8, 4) is 0 Å². The summed E-state index contributed by atoms with van der Waals surface area (Å²) in [5.41, 5.74) is 6.20. The first kappa shape index (κ1) is 12.3. The van der Waals surface area contributed by atoms with E-state index >= 15 is 0 Å². The van der Waals surface area contributed by atoms with Crippen molar-refractivity contribution < 1.29 is 9.13 Å². The lowest BCUT2D eigenvalue weighted by Gasteiger charge is -2.14. The molecule has 102 valence electrons. The number of nitrogens with two attached hydrogens (primary N) is 1. The summed E-state index contributed by atoms with van der Waals surface area (Å²) in [4.78, 5) is 7.96. The van der Waals surface area contributed by atoms with Crippen molar-refractivity contribution in [2.45, 2.75) is 39.0 Å². The van der Waals surface area contributed by atoms with Gasteiger partial charge in [-0.3, -0.25) is 0 Å². The summed E-state index contributed by atoms with van der Waals surface area (Å²) in [6.45, 7) is 4.25. The molecule has 0 aromatic carbocycles. The number of ether oxygens (including phenoxy) is 1. The molecule has 19 heavy (non-hydrogen) atoms. The number of nitrogen functional groups attached to an aromatic ring is 1. The standard InChI is InChI=1S/C13H17FN4O/c1-3-9-7(2)4-10(19-9)18-5-8(14)11-12(15)16-6-17-13(11)18/h5-7,9-10H,3-4H2,1-2H3,(H2,15,16,17)/t7-,9+,10+/m0/s1. The Morgan fingerprint density at radius 3 is 3.00 bits per heavy atom. The first-order valence-corrected chi connectivity index (χ1v) is 6.53. The fourth-order valence-electron chi connectivity index (χ4n) is 2.82. The van der Waals surface area contributed by atoms with E-state index in [1.807, 2.05) is 0 Å². The van der Waals surface area contributed by atoms with Gasteiger partial charge in [0, 0.05) is 6.20 Å². The van der Waals surface area contributed by atoms with Crippen molar-refractivity contribution >= 4 is 16.9 Å². The van der Waals surface area contributed by atoms with Crippen LogP contribution in [0.5, 0.6) is 0 Å². The lowest BCUT2D eigenvalue weighted by atomic mass is 10.0. The Bertz CT molecular complexity index is 612. The van der Waals surface area contributed by atoms with Gasteiger partial charge in [0.25, 0.3) is 0 Å². The molecule has 5 nitrogen and oxygen atoms in total. The van der Waals surface area contributed by atoms with E-state index in [0.29, 0.717) is 11.6 Å². The van der Waals surface area contributed by atoms with Gasteiger partial charge in [-0.1, -0.05) is 13.8 Å². The second kappa shape index (κ2) is 4.45. The number of anilines is 1. The van der Waals surface area contributed by atoms with E-state index in [4.69, 9.17) is 10.5 Å². The maximum Gasteiger partial charge on any atom is 0.154 e. The van der Waals surface area contributed by atoms with Gasteiger partial charge in [-0.05, 0) is 18.8 Å². The zero-order chi connectivity index (χ0) is 13.6. The number of hydrogen-bond donors (Lipinski definition) is 1. The average Bonchev–Trinajstić information content (AvgIpc) is 2.91. The second-order valence-electron chi connectivity index (χ2n) is 5.09. The van der Waals surface area contributed by atoms with Crippen molar-refractivity contribution in [2.24, 2.45) is 5.92 Å². The lowest BCUT2D eigenvalue weighted by Crippen LogP contribution is -2.12. The van der Waals surface area contributed by atoms with Crippen molar-refractivity contribution in [2.75, 3.05) is 5.73 Å². The molecule has 2 aromatic rings. The smallest absolute Gasteiger partial charge is 0.154 e. The molecule has 3 rings (SSSR count). The molecule has 1 fully saturated rings. The summed E-state index contributed by atoms with van der Waals surface area (Å²) in [5, 5.41) is 0.277. The van der Waals surface area contributed by atoms with Crippen molar-refractivity contribution in [3.63, 3.8) is 0 Å². The van der Waals surface area contributed by atoms with Gasteiger partial charge >= 0.3 is 0 Å². The van der Waals surface area contributed by atoms with Crippen LogP contribution in [0.15, 0.2) is 12.5 Å². The molecule has 6 heteroatoms. The summed E-state index contributed by atoms with van der Waals surface area (Å²) in [6, 6.07) is 0. The Morgan fingerprint density at radius 2 is 2.32 bits per heavy atom. The molecular formula is C13H17FN4O. The van der Waals surface area contributed by atoms with Crippen LogP contribution < -0.4 is 5.73 Å². The normalized spacial score (nSPS) is 27.2. The predicted molar refractivity (Wildman–Crippen MR) is 69.9 cm³/mol. The van der Waals surface area contributed by atoms with E-state index in [0.717, 1.165) is 12.8 Å². The van der Waals surface area contributed by atoms with E-state index in [9.17, 15) is 4.39 Å². The Kier molecular flexibility index (Phi) is 2.89. The first-order valence-electron chi connectivity index (χ1n) is 6.53. The van der Waals surface area contributed by atoms with Crippen LogP contribution in [0.2, 0.25) is 0 Å². The summed E-state index contributed by atoms with van der Waals surface area (Å²) < 4.78 is 21.7. The van der Waals surface area contributed by atoms with Gasteiger partial charge in [0.05, 0.1) is 11.5 Å². The topological polar surface area (TPSA) is 66.0 Å². The molecule has 0 spiro atoms. The molecule has 0 radical (unpaired) electrons. The Labute approximate surface area is 110 Å². The Hall–Kier alpha value is -1.69. The molecule has 2 N–H and O–H groups in total. The molecule has 0 amide bonds. The molecule has 1 aliphatic rings. The lowest BCUT2D eigenvalue weighted by molar-refractivity contribution is -0.00299. The van der Waals surface area contributed by atoms with Crippen molar-refractivity contribution in [1.29, 1.82) is 0 Å². The van der Waals surface area contributed by atoms with Crippen LogP contribution in [0.25, 0.3) is 11.0 Å². The molecule has 0 aliphatic carbocycles. The molecule has 0 unspecified atom stereocenters. The minimum absolute atomic E-state index is 0.166. The molecular weight excluding hydrogens is 247 g/mol. The largest absolute Gasteiger partial charge is 0.383 e. The van der Waals surface area contributed by atoms with E-state index in [2.05, 4.69) is 23.8 Å². The van der Waals surface area contributed by atoms with Crippen LogP contribution in [-0.4, -0.2) is 20.6 Å². The molecule has 3 heterocycles. The van der Waals surface area contributed by atoms with Gasteiger partial charge in [-0.2, -0.15) is 0 Å². The summed E-state index contributed by atoms with van der Waals surface area (Å²) >= 11 is 0. The minimum Gasteiger partial charge on any atom is -0.383 e. The average molecular weight is 264 g/mol. The highest BCUT2D eigenvalue weighted by molar-refractivity contribution is 5.86. The molecule has 0 bridgehead atoms. The predicted octanol–water partition coefficient (Wildman–Crippen LogP) is 2.49. The fourth-order valence-corrected chi connectivity index (χ4v) is 2.82. The van der Waals surface area contributed by atoms with Crippen LogP contribution in [0.4, 0.5) is 10.2 Å². The monoisotopic (exact) mass is 264 g/mol. The number of nitrogens with zero attached hydrogens (tertiary/aromatic N) is 3. The van der Waals surface area contributed by atoms with Gasteiger partial charge in [-0.15, -0.1) is 0 Å². The third-order valence-corrected chi connectivity index (χ3v) is 3.85. The first-order chi connectivity index (χ1) is 9.11. The van der Waals surface area contributed by atoms with Gasteiger partial charge < -0.3 is 15.0 Å². The summed E-state index contributed by atoms with van der Waals surface area (Å²) in [5.74, 6) is 0.221. The highest BCUT2D eigenvalue weighted by Crippen LogP contribution is 2.37. The van der Waals surface area contributed by atoms with E-state index in [1.54, 1.807) is 4.57 Å². The van der Waals surface area contributed by atoms with E-state index < -0.39 is 5.82 Å². The van der Waals surface area contributed by atoms with Crippen molar-refractivity contribution in [1.82, 2.24) is 14.5 Å².